The van der Waals surface area contributed by atoms with E-state index in [0.717, 1.165) is 16.9 Å². The van der Waals surface area contributed by atoms with Gasteiger partial charge in [-0.3, -0.25) is 9.48 Å². The first kappa shape index (κ1) is 15.0. The summed E-state index contributed by atoms with van der Waals surface area (Å²) in [4.78, 5) is 12.0. The van der Waals surface area contributed by atoms with Gasteiger partial charge in [0.05, 0.1) is 17.6 Å². The molecule has 3 aromatic rings. The molecule has 2 aromatic heterocycles. The van der Waals surface area contributed by atoms with Crippen LogP contribution in [0.25, 0.3) is 5.69 Å². The molecule has 23 heavy (non-hydrogen) atoms. The Morgan fingerprint density at radius 2 is 2.04 bits per heavy atom. The van der Waals surface area contributed by atoms with Gasteiger partial charge in [0.2, 0.25) is 5.91 Å². The van der Waals surface area contributed by atoms with Crippen molar-refractivity contribution in [3.8, 4) is 5.69 Å². The molecule has 0 saturated heterocycles. The van der Waals surface area contributed by atoms with E-state index in [1.54, 1.807) is 10.9 Å². The number of aryl methyl sites for hydroxylation is 3. The van der Waals surface area contributed by atoms with Gasteiger partial charge in [0.1, 0.15) is 5.82 Å². The van der Waals surface area contributed by atoms with E-state index in [1.165, 1.54) is 0 Å². The second-order valence-electron chi connectivity index (χ2n) is 5.47. The van der Waals surface area contributed by atoms with E-state index in [2.05, 4.69) is 15.5 Å². The summed E-state index contributed by atoms with van der Waals surface area (Å²) in [6.07, 6.45) is 4.81. The monoisotopic (exact) mass is 309 g/mol. The van der Waals surface area contributed by atoms with Crippen molar-refractivity contribution in [2.45, 2.75) is 19.8 Å². The standard InChI is InChI=1S/C17H19N5O/c1-13-10-16(21(2)20-13)19-17(23)9-8-14-11-18-22(12-14)15-6-4-3-5-7-15/h3-7,10-12H,8-9H2,1-2H3,(H,19,23). The molecular formula is C17H19N5O. The average molecular weight is 309 g/mol. The van der Waals surface area contributed by atoms with Crippen LogP contribution in [0.5, 0.6) is 0 Å². The van der Waals surface area contributed by atoms with Crippen molar-refractivity contribution in [1.29, 1.82) is 0 Å². The molecule has 6 heteroatoms. The SMILES string of the molecule is Cc1cc(NC(=O)CCc2cnn(-c3ccccc3)c2)n(C)n1. The number of carbonyl (C=O) groups excluding carboxylic acids is 1. The van der Waals surface area contributed by atoms with Crippen LogP contribution in [0.1, 0.15) is 17.7 Å². The first-order valence-electron chi connectivity index (χ1n) is 7.51. The van der Waals surface area contributed by atoms with Gasteiger partial charge in [-0.2, -0.15) is 10.2 Å². The number of anilines is 1. The molecule has 2 heterocycles. The van der Waals surface area contributed by atoms with Crippen LogP contribution in [0.15, 0.2) is 48.8 Å². The van der Waals surface area contributed by atoms with E-state index in [-0.39, 0.29) is 5.91 Å². The van der Waals surface area contributed by atoms with Crippen molar-refractivity contribution in [2.75, 3.05) is 5.32 Å². The minimum absolute atomic E-state index is 0.0274. The number of aromatic nitrogens is 4. The van der Waals surface area contributed by atoms with Crippen LogP contribution in [0.2, 0.25) is 0 Å². The summed E-state index contributed by atoms with van der Waals surface area (Å²) >= 11 is 0. The van der Waals surface area contributed by atoms with E-state index >= 15 is 0 Å². The lowest BCUT2D eigenvalue weighted by atomic mass is 10.2. The lowest BCUT2D eigenvalue weighted by Crippen LogP contribution is -2.14. The number of hydrogen-bond acceptors (Lipinski definition) is 3. The minimum Gasteiger partial charge on any atom is -0.311 e. The highest BCUT2D eigenvalue weighted by atomic mass is 16.1. The molecule has 0 radical (unpaired) electrons. The van der Waals surface area contributed by atoms with E-state index in [9.17, 15) is 4.79 Å². The van der Waals surface area contributed by atoms with Crippen LogP contribution in [-0.2, 0) is 18.3 Å². The molecule has 6 nitrogen and oxygen atoms in total. The number of para-hydroxylation sites is 1. The van der Waals surface area contributed by atoms with Gasteiger partial charge in [0.25, 0.3) is 0 Å². The summed E-state index contributed by atoms with van der Waals surface area (Å²) in [7, 11) is 1.81. The molecule has 0 aliphatic carbocycles. The number of amides is 1. The maximum absolute atomic E-state index is 12.0. The van der Waals surface area contributed by atoms with Gasteiger partial charge >= 0.3 is 0 Å². The van der Waals surface area contributed by atoms with Crippen LogP contribution < -0.4 is 5.32 Å². The topological polar surface area (TPSA) is 64.7 Å². The molecule has 3 rings (SSSR count). The summed E-state index contributed by atoms with van der Waals surface area (Å²) in [6.45, 7) is 1.90. The molecule has 0 saturated carbocycles. The predicted octanol–water partition coefficient (Wildman–Crippen LogP) is 2.49. The fraction of sp³-hybridized carbons (Fsp3) is 0.235. The minimum atomic E-state index is -0.0274. The maximum atomic E-state index is 12.0. The van der Waals surface area contributed by atoms with Crippen molar-refractivity contribution >= 4 is 11.7 Å². The third-order valence-electron chi connectivity index (χ3n) is 3.57. The van der Waals surface area contributed by atoms with Crippen LogP contribution in [0.3, 0.4) is 0 Å². The molecular weight excluding hydrogens is 290 g/mol. The third kappa shape index (κ3) is 3.66. The van der Waals surface area contributed by atoms with Crippen LogP contribution in [-0.4, -0.2) is 25.5 Å². The van der Waals surface area contributed by atoms with Crippen molar-refractivity contribution < 1.29 is 4.79 Å². The number of nitrogens with one attached hydrogen (secondary N) is 1. The molecule has 0 bridgehead atoms. The first-order chi connectivity index (χ1) is 11.1. The fourth-order valence-electron chi connectivity index (χ4n) is 2.40. The van der Waals surface area contributed by atoms with Gasteiger partial charge in [-0.25, -0.2) is 4.68 Å². The van der Waals surface area contributed by atoms with Gasteiger partial charge in [-0.15, -0.1) is 0 Å². The molecule has 0 spiro atoms. The van der Waals surface area contributed by atoms with Gasteiger partial charge in [-0.1, -0.05) is 18.2 Å². The Balaban J connectivity index is 1.57. The Labute approximate surface area is 134 Å². The van der Waals surface area contributed by atoms with Gasteiger partial charge in [-0.05, 0) is 31.0 Å². The highest BCUT2D eigenvalue weighted by Gasteiger charge is 2.08. The lowest BCUT2D eigenvalue weighted by Gasteiger charge is -2.04. The average Bonchev–Trinajstić information content (AvgIpc) is 3.13. The van der Waals surface area contributed by atoms with Crippen molar-refractivity contribution in [1.82, 2.24) is 19.6 Å². The molecule has 0 aliphatic heterocycles. The van der Waals surface area contributed by atoms with Gasteiger partial charge in [0.15, 0.2) is 0 Å². The highest BCUT2D eigenvalue weighted by Crippen LogP contribution is 2.11. The number of carbonyl (C=O) groups is 1. The van der Waals surface area contributed by atoms with E-state index < -0.39 is 0 Å². The molecule has 118 valence electrons. The summed E-state index contributed by atoms with van der Waals surface area (Å²) in [5.74, 6) is 0.688. The van der Waals surface area contributed by atoms with E-state index in [0.29, 0.717) is 18.7 Å². The largest absolute Gasteiger partial charge is 0.311 e. The highest BCUT2D eigenvalue weighted by molar-refractivity contribution is 5.90. The van der Waals surface area contributed by atoms with E-state index in [4.69, 9.17) is 0 Å². The molecule has 1 aromatic carbocycles. The zero-order chi connectivity index (χ0) is 16.2. The smallest absolute Gasteiger partial charge is 0.225 e. The second kappa shape index (κ2) is 6.48. The molecule has 0 unspecified atom stereocenters. The number of rotatable bonds is 5. The first-order valence-corrected chi connectivity index (χ1v) is 7.51. The maximum Gasteiger partial charge on any atom is 0.225 e. The number of hydrogen-bond donors (Lipinski definition) is 1. The van der Waals surface area contributed by atoms with Crippen molar-refractivity contribution in [2.24, 2.45) is 7.05 Å². The Morgan fingerprint density at radius 1 is 1.26 bits per heavy atom. The summed E-state index contributed by atoms with van der Waals surface area (Å²) < 4.78 is 3.48. The number of benzene rings is 1. The molecule has 1 N–H and O–H groups in total. The Morgan fingerprint density at radius 3 is 2.74 bits per heavy atom. The van der Waals surface area contributed by atoms with E-state index in [1.807, 2.05) is 61.2 Å². The third-order valence-corrected chi connectivity index (χ3v) is 3.57. The fourth-order valence-corrected chi connectivity index (χ4v) is 2.40. The zero-order valence-corrected chi connectivity index (χ0v) is 13.2. The molecule has 1 amide bonds. The van der Waals surface area contributed by atoms with Crippen molar-refractivity contribution in [3.63, 3.8) is 0 Å². The van der Waals surface area contributed by atoms with Crippen LogP contribution in [0.4, 0.5) is 5.82 Å². The molecule has 0 aliphatic rings. The molecule has 0 atom stereocenters. The van der Waals surface area contributed by atoms with Crippen molar-refractivity contribution in [3.05, 3.63) is 60.0 Å². The second-order valence-corrected chi connectivity index (χ2v) is 5.47. The summed E-state index contributed by atoms with van der Waals surface area (Å²) in [6, 6.07) is 11.8. The predicted molar refractivity (Wildman–Crippen MR) is 88.5 cm³/mol. The quantitative estimate of drug-likeness (QED) is 0.787. The summed E-state index contributed by atoms with van der Waals surface area (Å²) in [5, 5.41) is 11.4. The lowest BCUT2D eigenvalue weighted by molar-refractivity contribution is -0.116. The van der Waals surface area contributed by atoms with Gasteiger partial charge < -0.3 is 5.32 Å². The van der Waals surface area contributed by atoms with Crippen LogP contribution in [0, 0.1) is 6.92 Å². The van der Waals surface area contributed by atoms with Crippen LogP contribution >= 0.6 is 0 Å². The number of nitrogens with zero attached hydrogens (tertiary/aromatic N) is 4. The Bertz CT molecular complexity index is 804. The van der Waals surface area contributed by atoms with Gasteiger partial charge in [0, 0.05) is 25.7 Å². The Kier molecular flexibility index (Phi) is 4.23. The normalized spacial score (nSPS) is 10.7. The zero-order valence-electron chi connectivity index (χ0n) is 13.2. The molecule has 0 fully saturated rings. The summed E-state index contributed by atoms with van der Waals surface area (Å²) in [5.41, 5.74) is 2.92. The Hall–Kier alpha value is -2.89.